The van der Waals surface area contributed by atoms with Gasteiger partial charge in [0.15, 0.2) is 5.82 Å². The van der Waals surface area contributed by atoms with E-state index in [1.54, 1.807) is 16.7 Å². The first-order valence-corrected chi connectivity index (χ1v) is 11.9. The van der Waals surface area contributed by atoms with Gasteiger partial charge in [0.25, 0.3) is 0 Å². The molecule has 2 N–H and O–H groups in total. The molecule has 0 unspecified atom stereocenters. The number of rotatable bonds is 8. The average Bonchev–Trinajstić information content (AvgIpc) is 3.49. The van der Waals surface area contributed by atoms with Crippen molar-refractivity contribution >= 4 is 43.7 Å². The van der Waals surface area contributed by atoms with E-state index in [0.29, 0.717) is 46.7 Å². The van der Waals surface area contributed by atoms with Gasteiger partial charge in [-0.3, -0.25) is 0 Å². The number of imidazole rings is 1. The minimum absolute atomic E-state index is 0.0700. The van der Waals surface area contributed by atoms with Crippen LogP contribution >= 0.6 is 0 Å². The van der Waals surface area contributed by atoms with Crippen LogP contribution in [0.3, 0.4) is 0 Å². The quantitative estimate of drug-likeness (QED) is 0.231. The molecular weight excluding hydrogens is 455 g/mol. The van der Waals surface area contributed by atoms with Gasteiger partial charge in [-0.05, 0) is 68.3 Å². The SMILES string of the molecule is [B]C([B])(CCC=C)n1c(-c2nc3cc(C(=O)OC)cc(F)c3n2C2CC2)cc2ccc([C@@H](C)N)nc21. The number of nitrogens with zero attached hydrogens (tertiary/aromatic N) is 4. The monoisotopic (exact) mass is 481 g/mol. The lowest BCUT2D eigenvalue weighted by atomic mass is 9.59. The summed E-state index contributed by atoms with van der Waals surface area (Å²) in [4.78, 5) is 21.7. The molecular formula is C26H26B2FN5O2. The number of aromatic nitrogens is 4. The zero-order valence-electron chi connectivity index (χ0n) is 20.4. The molecule has 10 heteroatoms. The Bertz CT molecular complexity index is 1500. The van der Waals surface area contributed by atoms with Crippen LogP contribution in [0, 0.1) is 5.82 Å². The van der Waals surface area contributed by atoms with Crippen molar-refractivity contribution in [3.63, 3.8) is 0 Å². The second-order valence-corrected chi connectivity index (χ2v) is 9.48. The second-order valence-electron chi connectivity index (χ2n) is 9.48. The third kappa shape index (κ3) is 4.03. The lowest BCUT2D eigenvalue weighted by molar-refractivity contribution is 0.0600. The molecule has 1 fully saturated rings. The molecule has 180 valence electrons. The minimum atomic E-state index is -1.34. The molecule has 3 aromatic heterocycles. The van der Waals surface area contributed by atoms with E-state index in [0.717, 1.165) is 18.2 Å². The Labute approximate surface area is 211 Å². The van der Waals surface area contributed by atoms with Gasteiger partial charge in [0.2, 0.25) is 0 Å². The van der Waals surface area contributed by atoms with E-state index < -0.39 is 17.1 Å². The van der Waals surface area contributed by atoms with Crippen molar-refractivity contribution in [1.82, 2.24) is 19.1 Å². The Balaban J connectivity index is 1.82. The van der Waals surface area contributed by atoms with Gasteiger partial charge in [0.1, 0.15) is 17.0 Å². The van der Waals surface area contributed by atoms with E-state index >= 15 is 4.39 Å². The van der Waals surface area contributed by atoms with Gasteiger partial charge in [-0.2, -0.15) is 0 Å². The van der Waals surface area contributed by atoms with Crippen LogP contribution in [0.25, 0.3) is 33.6 Å². The Kier molecular flexibility index (Phi) is 6.03. The van der Waals surface area contributed by atoms with Crippen molar-refractivity contribution in [2.45, 2.75) is 50.0 Å². The summed E-state index contributed by atoms with van der Waals surface area (Å²) in [7, 11) is 14.6. The van der Waals surface area contributed by atoms with Crippen molar-refractivity contribution in [1.29, 1.82) is 0 Å². The molecule has 1 saturated carbocycles. The molecule has 4 radical (unpaired) electrons. The van der Waals surface area contributed by atoms with Gasteiger partial charge in [0, 0.05) is 17.5 Å². The zero-order valence-corrected chi connectivity index (χ0v) is 20.4. The number of benzene rings is 1. The van der Waals surface area contributed by atoms with Crippen LogP contribution in [0.4, 0.5) is 4.39 Å². The Hall–Kier alpha value is -3.39. The fraction of sp³-hybridized carbons (Fsp3) is 0.346. The summed E-state index contributed by atoms with van der Waals surface area (Å²) in [5, 5.41) is -0.532. The standard InChI is InChI=1S/C26H26B2FN5O2/c1-4-5-10-26(27,28)34-21(13-15-6-9-19(14(2)30)31-23(15)34)24-32-20-12-16(25(35)36-3)11-18(29)22(20)33(24)17-7-8-17/h4,6,9,11-14,17H,1,5,7-8,10,30H2,2-3H3/t14-/m1/s1. The van der Waals surface area contributed by atoms with Crippen molar-refractivity contribution < 1.29 is 13.9 Å². The lowest BCUT2D eigenvalue weighted by Crippen LogP contribution is -2.35. The van der Waals surface area contributed by atoms with E-state index in [2.05, 4.69) is 6.58 Å². The number of hydrogen-bond donors (Lipinski definition) is 1. The number of fused-ring (bicyclic) bond motifs is 2. The highest BCUT2D eigenvalue weighted by Crippen LogP contribution is 2.44. The van der Waals surface area contributed by atoms with Crippen LogP contribution in [0.2, 0.25) is 0 Å². The third-order valence-corrected chi connectivity index (χ3v) is 6.60. The fourth-order valence-electron chi connectivity index (χ4n) is 4.66. The van der Waals surface area contributed by atoms with Gasteiger partial charge >= 0.3 is 5.97 Å². The van der Waals surface area contributed by atoms with Crippen LogP contribution in [-0.2, 0) is 10.1 Å². The molecule has 5 rings (SSSR count). The molecule has 0 spiro atoms. The maximum absolute atomic E-state index is 15.4. The zero-order chi connectivity index (χ0) is 25.8. The normalized spacial score (nSPS) is 14.9. The number of methoxy groups -OCH3 is 1. The molecule has 0 aliphatic heterocycles. The molecule has 1 atom stereocenters. The summed E-state index contributed by atoms with van der Waals surface area (Å²) in [6.07, 6.45) is 4.49. The van der Waals surface area contributed by atoms with Gasteiger partial charge in [-0.25, -0.2) is 19.2 Å². The van der Waals surface area contributed by atoms with Crippen LogP contribution in [0.15, 0.2) is 43.0 Å². The van der Waals surface area contributed by atoms with Crippen LogP contribution < -0.4 is 5.73 Å². The van der Waals surface area contributed by atoms with Crippen molar-refractivity contribution in [2.75, 3.05) is 7.11 Å². The highest BCUT2D eigenvalue weighted by molar-refractivity contribution is 6.38. The minimum Gasteiger partial charge on any atom is -0.465 e. The first-order chi connectivity index (χ1) is 17.2. The Morgan fingerprint density at radius 1 is 1.33 bits per heavy atom. The topological polar surface area (TPSA) is 88.0 Å². The van der Waals surface area contributed by atoms with E-state index in [1.807, 2.05) is 29.7 Å². The van der Waals surface area contributed by atoms with E-state index in [1.165, 1.54) is 13.2 Å². The third-order valence-electron chi connectivity index (χ3n) is 6.60. The Morgan fingerprint density at radius 3 is 2.72 bits per heavy atom. The predicted molar refractivity (Wildman–Crippen MR) is 140 cm³/mol. The smallest absolute Gasteiger partial charge is 0.338 e. The number of halogens is 1. The molecule has 36 heavy (non-hydrogen) atoms. The molecule has 0 amide bonds. The van der Waals surface area contributed by atoms with Crippen LogP contribution in [0.1, 0.15) is 60.7 Å². The summed E-state index contributed by atoms with van der Waals surface area (Å²) in [6.45, 7) is 5.64. The molecule has 1 aliphatic rings. The number of esters is 1. The fourth-order valence-corrected chi connectivity index (χ4v) is 4.66. The van der Waals surface area contributed by atoms with E-state index in [-0.39, 0.29) is 17.6 Å². The number of hydrogen-bond acceptors (Lipinski definition) is 5. The summed E-state index contributed by atoms with van der Waals surface area (Å²) in [5.74, 6) is -0.669. The largest absolute Gasteiger partial charge is 0.465 e. The average molecular weight is 481 g/mol. The number of ether oxygens (including phenoxy) is 1. The van der Waals surface area contributed by atoms with E-state index in [9.17, 15) is 4.79 Å². The Morgan fingerprint density at radius 2 is 2.08 bits per heavy atom. The number of allylic oxidation sites excluding steroid dienone is 1. The highest BCUT2D eigenvalue weighted by Gasteiger charge is 2.34. The van der Waals surface area contributed by atoms with Gasteiger partial charge in [-0.15, -0.1) is 6.58 Å². The summed E-state index contributed by atoms with van der Waals surface area (Å²) in [6, 6.07) is 8.21. The van der Waals surface area contributed by atoms with E-state index in [4.69, 9.17) is 36.1 Å². The maximum atomic E-state index is 15.4. The molecule has 0 bridgehead atoms. The molecule has 0 saturated heterocycles. The van der Waals surface area contributed by atoms with Gasteiger partial charge in [0.05, 0.1) is 45.3 Å². The number of carbonyl (C=O) groups excluding carboxylic acids is 1. The maximum Gasteiger partial charge on any atom is 0.338 e. The first-order valence-electron chi connectivity index (χ1n) is 11.9. The summed E-state index contributed by atoms with van der Waals surface area (Å²) >= 11 is 0. The van der Waals surface area contributed by atoms with Gasteiger partial charge in [-0.1, -0.05) is 6.08 Å². The second kappa shape index (κ2) is 8.92. The molecule has 3 heterocycles. The van der Waals surface area contributed by atoms with Crippen molar-refractivity contribution in [3.8, 4) is 11.5 Å². The van der Waals surface area contributed by atoms with Crippen LogP contribution in [-0.4, -0.2) is 47.9 Å². The lowest BCUT2D eigenvalue weighted by Gasteiger charge is -2.31. The highest BCUT2D eigenvalue weighted by atomic mass is 19.1. The molecule has 7 nitrogen and oxygen atoms in total. The molecule has 1 aliphatic carbocycles. The number of nitrogens with two attached hydrogens (primary N) is 1. The molecule has 4 aromatic rings. The molecule has 1 aromatic carbocycles. The van der Waals surface area contributed by atoms with Crippen molar-refractivity contribution in [3.05, 3.63) is 60.1 Å². The van der Waals surface area contributed by atoms with Crippen LogP contribution in [0.5, 0.6) is 0 Å². The van der Waals surface area contributed by atoms with Crippen molar-refractivity contribution in [2.24, 2.45) is 5.73 Å². The first kappa shape index (κ1) is 24.3. The summed E-state index contributed by atoms with van der Waals surface area (Å²) < 4.78 is 23.8. The predicted octanol–water partition coefficient (Wildman–Crippen LogP) is 4.25. The number of pyridine rings is 1. The summed E-state index contributed by atoms with van der Waals surface area (Å²) in [5.41, 5.74) is 8.75. The van der Waals surface area contributed by atoms with Gasteiger partial charge < -0.3 is 19.6 Å². The number of carbonyl (C=O) groups is 1.